The highest BCUT2D eigenvalue weighted by molar-refractivity contribution is 7.90. The fraction of sp³-hybridized carbons (Fsp3) is 0.625. The van der Waals surface area contributed by atoms with Gasteiger partial charge < -0.3 is 19.1 Å². The molecule has 2 aliphatic heterocycles. The molecule has 2 aromatic rings. The quantitative estimate of drug-likeness (QED) is 0.255. The molecule has 1 aromatic heterocycles. The van der Waals surface area contributed by atoms with Gasteiger partial charge in [0.2, 0.25) is 27.7 Å². The number of nitrogens with zero attached hydrogens (tertiary/aromatic N) is 2. The number of alkyl halides is 3. The van der Waals surface area contributed by atoms with Crippen molar-refractivity contribution in [2.24, 2.45) is 16.7 Å². The second-order valence-corrected chi connectivity index (χ2v) is 17.7. The van der Waals surface area contributed by atoms with Gasteiger partial charge in [0, 0.05) is 29.8 Å². The Hall–Kier alpha value is -4.21. The first kappa shape index (κ1) is 44.5. The molecule has 4 atom stereocenters. The van der Waals surface area contributed by atoms with E-state index in [1.165, 1.54) is 30.2 Å². The summed E-state index contributed by atoms with van der Waals surface area (Å²) in [5.41, 5.74) is -1.83. The molecule has 1 N–H and O–H groups in total. The van der Waals surface area contributed by atoms with Gasteiger partial charge in [0.25, 0.3) is 0 Å². The van der Waals surface area contributed by atoms with E-state index in [1.54, 1.807) is 45.9 Å². The van der Waals surface area contributed by atoms with Crippen molar-refractivity contribution in [3.8, 4) is 11.6 Å². The zero-order chi connectivity index (χ0) is 41.6. The van der Waals surface area contributed by atoms with Gasteiger partial charge in [-0.2, -0.15) is 0 Å². The first-order valence-corrected chi connectivity index (χ1v) is 20.8. The minimum Gasteiger partial charge on any atom is -0.472 e. The molecule has 12 nitrogen and oxygen atoms in total. The lowest BCUT2D eigenvalue weighted by Crippen LogP contribution is -2.50. The third-order valence-corrected chi connectivity index (χ3v) is 12.0. The Morgan fingerprint density at radius 1 is 1.07 bits per heavy atom. The van der Waals surface area contributed by atoms with Crippen LogP contribution < -0.4 is 14.2 Å². The number of rotatable bonds is 9. The van der Waals surface area contributed by atoms with Crippen LogP contribution in [-0.2, 0) is 33.9 Å². The predicted molar refractivity (Wildman–Crippen MR) is 204 cm³/mol. The Kier molecular flexibility index (Phi) is 14.3. The number of nitrogens with one attached hydrogen (secondary N) is 1. The number of aromatic nitrogens is 1. The number of carbonyl (C=O) groups is 4. The van der Waals surface area contributed by atoms with Gasteiger partial charge in [-0.1, -0.05) is 67.0 Å². The standard InChI is InChI=1S/C38H48F3N3O9S.C2H6/c1-6-14-37(5,35(48)43-54(49,50)25-11-12-25)21-30(45)29-19-24-22-44(29)34(47)28(36(2,3)4)20-32(46)51-16-9-7-8-10-23-17-27-26(13-15-42-33(27)52-24)31(18-23)53-38(39,40)41;1-2/h8,10,13,15,17-18,24-25,28-29H,6-7,9,11-12,14,16,19-22H2,1-5H3,(H,43,48);1-2H3/b10-8+;/t24-,28-,29+,37+;/m1./s1. The average Bonchev–Trinajstić information content (AvgIpc) is 3.89. The molecule has 1 aromatic carbocycles. The molecule has 2 amide bonds. The van der Waals surface area contributed by atoms with Gasteiger partial charge in [0.15, 0.2) is 5.78 Å². The molecule has 16 heteroatoms. The minimum atomic E-state index is -4.99. The molecule has 5 rings (SSSR count). The zero-order valence-electron chi connectivity index (χ0n) is 33.2. The Morgan fingerprint density at radius 3 is 2.39 bits per heavy atom. The van der Waals surface area contributed by atoms with Crippen LogP contribution in [-0.4, -0.2) is 78.8 Å². The van der Waals surface area contributed by atoms with E-state index >= 15 is 0 Å². The highest BCUT2D eigenvalue weighted by atomic mass is 32.2. The molecule has 3 aliphatic rings. The van der Waals surface area contributed by atoms with E-state index in [0.29, 0.717) is 37.7 Å². The van der Waals surface area contributed by atoms with Gasteiger partial charge in [-0.25, -0.2) is 13.4 Å². The molecule has 2 fully saturated rings. The molecule has 0 unspecified atom stereocenters. The van der Waals surface area contributed by atoms with E-state index in [0.717, 1.165) is 0 Å². The lowest BCUT2D eigenvalue weighted by molar-refractivity contribution is -0.274. The highest BCUT2D eigenvalue weighted by Crippen LogP contribution is 2.40. The second-order valence-electron chi connectivity index (χ2n) is 15.8. The summed E-state index contributed by atoms with van der Waals surface area (Å²) in [5.74, 6) is -3.88. The molecular weight excluding hydrogens is 756 g/mol. The van der Waals surface area contributed by atoms with Crippen LogP contribution in [0.15, 0.2) is 30.5 Å². The molecule has 0 radical (unpaired) electrons. The molecule has 3 heterocycles. The number of allylic oxidation sites excluding steroid dienone is 1. The first-order valence-electron chi connectivity index (χ1n) is 19.3. The number of carbonyl (C=O) groups excluding carboxylic acids is 4. The van der Waals surface area contributed by atoms with Crippen molar-refractivity contribution in [1.82, 2.24) is 14.6 Å². The number of amides is 2. The van der Waals surface area contributed by atoms with Crippen LogP contribution in [0.4, 0.5) is 13.2 Å². The molecule has 4 bridgehead atoms. The van der Waals surface area contributed by atoms with Gasteiger partial charge in [-0.05, 0) is 61.3 Å². The zero-order valence-corrected chi connectivity index (χ0v) is 34.0. The number of fused-ring (bicyclic) bond motifs is 3. The van der Waals surface area contributed by atoms with Crippen molar-refractivity contribution in [2.75, 3.05) is 13.2 Å². The molecule has 1 aliphatic carbocycles. The predicted octanol–water partition coefficient (Wildman–Crippen LogP) is 7.28. The summed E-state index contributed by atoms with van der Waals surface area (Å²) in [5, 5.41) is -0.378. The number of cyclic esters (lactones) is 1. The second kappa shape index (κ2) is 17.9. The van der Waals surface area contributed by atoms with E-state index in [1.807, 2.05) is 13.8 Å². The fourth-order valence-electron chi connectivity index (χ4n) is 7.08. The van der Waals surface area contributed by atoms with E-state index in [2.05, 4.69) is 14.4 Å². The summed E-state index contributed by atoms with van der Waals surface area (Å²) < 4.78 is 84.3. The van der Waals surface area contributed by atoms with Crippen molar-refractivity contribution < 1.29 is 55.0 Å². The average molecular weight is 810 g/mol. The number of Topliss-reactive ketones (excluding diaryl/α,β-unsaturated/α-hetero) is 1. The van der Waals surface area contributed by atoms with Crippen LogP contribution in [0.3, 0.4) is 0 Å². The number of ether oxygens (including phenoxy) is 3. The fourth-order valence-corrected chi connectivity index (χ4v) is 8.51. The van der Waals surface area contributed by atoms with Crippen molar-refractivity contribution in [1.29, 1.82) is 0 Å². The molecular formula is C40H54F3N3O9S. The van der Waals surface area contributed by atoms with Crippen molar-refractivity contribution in [3.63, 3.8) is 0 Å². The van der Waals surface area contributed by atoms with E-state index in [9.17, 15) is 40.8 Å². The monoisotopic (exact) mass is 809 g/mol. The van der Waals surface area contributed by atoms with E-state index in [-0.39, 0.29) is 49.1 Å². The lowest BCUT2D eigenvalue weighted by atomic mass is 9.77. The molecule has 1 saturated carbocycles. The van der Waals surface area contributed by atoms with Gasteiger partial charge in [0.05, 0.1) is 42.2 Å². The molecule has 0 spiro atoms. The van der Waals surface area contributed by atoms with E-state index in [4.69, 9.17) is 9.47 Å². The number of pyridine rings is 1. The number of hydrogen-bond acceptors (Lipinski definition) is 10. The van der Waals surface area contributed by atoms with Gasteiger partial charge >= 0.3 is 12.3 Å². The largest absolute Gasteiger partial charge is 0.573 e. The SMILES string of the molecule is CC.CCC[C@@](C)(CC(=O)[C@@H]1C[C@@H]2CN1C(=O)[C@H](C(C)(C)C)CC(=O)OCCC/C=C/c1cc(OC(F)(F)F)c3ccnc(c3c1)O2)C(=O)NS(=O)(=O)C1CC1. The van der Waals surface area contributed by atoms with Crippen LogP contribution in [0, 0.1) is 16.7 Å². The number of halogens is 3. The summed E-state index contributed by atoms with van der Waals surface area (Å²) in [6, 6.07) is 3.06. The van der Waals surface area contributed by atoms with E-state index < -0.39 is 86.3 Å². The Bertz CT molecular complexity index is 1910. The van der Waals surface area contributed by atoms with Gasteiger partial charge in [-0.3, -0.25) is 23.9 Å². The molecule has 310 valence electrons. The summed E-state index contributed by atoms with van der Waals surface area (Å²) in [6.07, 6.45) is 0.364. The van der Waals surface area contributed by atoms with Gasteiger partial charge in [-0.15, -0.1) is 13.2 Å². The minimum absolute atomic E-state index is 0.0394. The van der Waals surface area contributed by atoms with Crippen LogP contribution in [0.5, 0.6) is 11.6 Å². The third-order valence-electron chi connectivity index (χ3n) is 10.2. The number of hydrogen-bond donors (Lipinski definition) is 1. The van der Waals surface area contributed by atoms with Crippen LogP contribution >= 0.6 is 0 Å². The summed E-state index contributed by atoms with van der Waals surface area (Å²) in [4.78, 5) is 61.1. The third kappa shape index (κ3) is 11.2. The van der Waals surface area contributed by atoms with Crippen LogP contribution in [0.25, 0.3) is 16.8 Å². The Labute approximate surface area is 326 Å². The lowest BCUT2D eigenvalue weighted by Gasteiger charge is -2.35. The Balaban J connectivity index is 0.00000342. The topological polar surface area (TPSA) is 158 Å². The van der Waals surface area contributed by atoms with Crippen LogP contribution in [0.2, 0.25) is 0 Å². The Morgan fingerprint density at radius 2 is 1.77 bits per heavy atom. The summed E-state index contributed by atoms with van der Waals surface area (Å²) >= 11 is 0. The first-order chi connectivity index (χ1) is 26.2. The van der Waals surface area contributed by atoms with Gasteiger partial charge in [0.1, 0.15) is 11.9 Å². The number of benzene rings is 1. The molecule has 56 heavy (non-hydrogen) atoms. The number of esters is 1. The number of ketones is 1. The molecule has 1 saturated heterocycles. The van der Waals surface area contributed by atoms with Crippen LogP contribution in [0.1, 0.15) is 112 Å². The number of sulfonamides is 1. The maximum atomic E-state index is 14.5. The van der Waals surface area contributed by atoms with Crippen molar-refractivity contribution >= 4 is 50.4 Å². The maximum Gasteiger partial charge on any atom is 0.573 e. The summed E-state index contributed by atoms with van der Waals surface area (Å²) in [7, 11) is -3.91. The highest BCUT2D eigenvalue weighted by Gasteiger charge is 2.49. The van der Waals surface area contributed by atoms with Crippen molar-refractivity contribution in [3.05, 3.63) is 36.0 Å². The smallest absolute Gasteiger partial charge is 0.472 e. The normalized spacial score (nSPS) is 22.8. The summed E-state index contributed by atoms with van der Waals surface area (Å²) in [6.45, 7) is 12.6. The van der Waals surface area contributed by atoms with Crippen molar-refractivity contribution in [2.45, 2.75) is 130 Å². The maximum absolute atomic E-state index is 14.5.